The van der Waals surface area contributed by atoms with Crippen LogP contribution in [0.5, 0.6) is 0 Å². The summed E-state index contributed by atoms with van der Waals surface area (Å²) in [6.45, 7) is 0.218. The topological polar surface area (TPSA) is 102 Å². The quantitative estimate of drug-likeness (QED) is 0.651. The van der Waals surface area contributed by atoms with Crippen molar-refractivity contribution in [2.75, 3.05) is 0 Å². The highest BCUT2D eigenvalue weighted by Gasteiger charge is 2.18. The highest BCUT2D eigenvalue weighted by molar-refractivity contribution is 7.07. The van der Waals surface area contributed by atoms with Crippen LogP contribution in [0, 0.1) is 10.1 Å². The van der Waals surface area contributed by atoms with Crippen LogP contribution >= 0.6 is 11.3 Å². The number of rotatable bonds is 6. The average molecular weight is 308 g/mol. The Morgan fingerprint density at radius 3 is 2.76 bits per heavy atom. The monoisotopic (exact) mass is 308 g/mol. The smallest absolute Gasteiger partial charge is 0.307 e. The molecule has 0 bridgehead atoms. The average Bonchev–Trinajstić information content (AvgIpc) is 2.80. The molecule has 0 fully saturated rings. The van der Waals surface area contributed by atoms with Gasteiger partial charge < -0.3 is 5.11 Å². The number of aliphatic carboxylic acids is 1. The molecule has 0 saturated heterocycles. The molecule has 2 rings (SSSR count). The molecule has 0 aliphatic carbocycles. The van der Waals surface area contributed by atoms with Crippen LogP contribution in [0.1, 0.15) is 12.8 Å². The van der Waals surface area contributed by atoms with Gasteiger partial charge >= 0.3 is 10.8 Å². The van der Waals surface area contributed by atoms with Crippen LogP contribution in [0.3, 0.4) is 0 Å². The first-order chi connectivity index (χ1) is 10.0. The molecular weight excluding hydrogens is 296 g/mol. The lowest BCUT2D eigenvalue weighted by Gasteiger charge is -2.07. The Labute approximate surface area is 123 Å². The van der Waals surface area contributed by atoms with Crippen LogP contribution in [0.25, 0.3) is 11.3 Å². The second-order valence-electron chi connectivity index (χ2n) is 4.31. The molecule has 0 spiro atoms. The van der Waals surface area contributed by atoms with Gasteiger partial charge in [0.1, 0.15) is 0 Å². The van der Waals surface area contributed by atoms with Crippen LogP contribution in [-0.2, 0) is 11.3 Å². The molecule has 0 atom stereocenters. The van der Waals surface area contributed by atoms with Gasteiger partial charge in [0, 0.05) is 24.4 Å². The summed E-state index contributed by atoms with van der Waals surface area (Å²) in [5.41, 5.74) is 0.723. The number of carboxylic acid groups (broad SMARTS) is 1. The van der Waals surface area contributed by atoms with Crippen LogP contribution < -0.4 is 4.87 Å². The number of carbonyl (C=O) groups is 1. The molecular formula is C13H12N2O5S. The van der Waals surface area contributed by atoms with Crippen molar-refractivity contribution in [3.05, 3.63) is 49.4 Å². The molecule has 1 aromatic carbocycles. The Morgan fingerprint density at radius 2 is 2.10 bits per heavy atom. The van der Waals surface area contributed by atoms with Gasteiger partial charge in [-0.05, 0) is 12.5 Å². The van der Waals surface area contributed by atoms with Gasteiger partial charge in [0.25, 0.3) is 5.69 Å². The Morgan fingerprint density at radius 1 is 1.38 bits per heavy atom. The summed E-state index contributed by atoms with van der Waals surface area (Å²) in [5, 5.41) is 21.3. The van der Waals surface area contributed by atoms with Gasteiger partial charge in [-0.1, -0.05) is 23.5 Å². The van der Waals surface area contributed by atoms with Gasteiger partial charge in [-0.2, -0.15) is 0 Å². The third-order valence-electron chi connectivity index (χ3n) is 2.93. The van der Waals surface area contributed by atoms with E-state index in [0.717, 1.165) is 11.3 Å². The second-order valence-corrected chi connectivity index (χ2v) is 5.13. The molecule has 7 nitrogen and oxygen atoms in total. The van der Waals surface area contributed by atoms with Crippen molar-refractivity contribution < 1.29 is 14.8 Å². The van der Waals surface area contributed by atoms with E-state index >= 15 is 0 Å². The summed E-state index contributed by atoms with van der Waals surface area (Å²) in [5.74, 6) is -0.939. The van der Waals surface area contributed by atoms with E-state index in [9.17, 15) is 19.7 Å². The van der Waals surface area contributed by atoms with Crippen molar-refractivity contribution in [2.24, 2.45) is 0 Å². The zero-order chi connectivity index (χ0) is 15.4. The minimum atomic E-state index is -0.939. The molecule has 0 aliphatic heterocycles. The molecule has 8 heteroatoms. The van der Waals surface area contributed by atoms with E-state index in [-0.39, 0.29) is 23.5 Å². The number of nitro benzene ring substituents is 1. The Balaban J connectivity index is 2.39. The molecule has 0 unspecified atom stereocenters. The fourth-order valence-electron chi connectivity index (χ4n) is 1.99. The summed E-state index contributed by atoms with van der Waals surface area (Å²) in [6.07, 6.45) is 0.234. The van der Waals surface area contributed by atoms with Gasteiger partial charge in [-0.3, -0.25) is 24.3 Å². The Kier molecular flexibility index (Phi) is 4.49. The van der Waals surface area contributed by atoms with Crippen LogP contribution in [-0.4, -0.2) is 20.6 Å². The predicted molar refractivity (Wildman–Crippen MR) is 77.5 cm³/mol. The number of benzene rings is 1. The van der Waals surface area contributed by atoms with Gasteiger partial charge in [-0.25, -0.2) is 0 Å². The molecule has 0 amide bonds. The van der Waals surface area contributed by atoms with Crippen molar-refractivity contribution >= 4 is 23.0 Å². The summed E-state index contributed by atoms with van der Waals surface area (Å²) < 4.78 is 1.38. The molecule has 21 heavy (non-hydrogen) atoms. The van der Waals surface area contributed by atoms with Crippen LogP contribution in [0.15, 0.2) is 34.4 Å². The number of aromatic nitrogens is 1. The molecule has 110 valence electrons. The molecule has 1 aromatic heterocycles. The molecule has 0 saturated carbocycles. The zero-order valence-corrected chi connectivity index (χ0v) is 11.7. The van der Waals surface area contributed by atoms with E-state index in [1.807, 2.05) is 0 Å². The minimum absolute atomic E-state index is 0.0569. The van der Waals surface area contributed by atoms with Crippen molar-refractivity contribution in [3.8, 4) is 11.3 Å². The first kappa shape index (κ1) is 14.9. The third-order valence-corrected chi connectivity index (χ3v) is 3.69. The molecule has 2 aromatic rings. The number of hydrogen-bond donors (Lipinski definition) is 1. The SMILES string of the molecule is O=C(O)CCCn1c(-c2ccccc2[N+](=O)[O-])csc1=O. The third kappa shape index (κ3) is 3.34. The standard InChI is InChI=1S/C13H12N2O5S/c16-12(17)6-3-7-14-11(8-21-13(14)18)9-4-1-2-5-10(9)15(19)20/h1-2,4-5,8H,3,6-7H2,(H,16,17). The first-order valence-electron chi connectivity index (χ1n) is 6.14. The Hall–Kier alpha value is -2.48. The highest BCUT2D eigenvalue weighted by Crippen LogP contribution is 2.29. The zero-order valence-electron chi connectivity index (χ0n) is 10.9. The minimum Gasteiger partial charge on any atom is -0.481 e. The molecule has 0 radical (unpaired) electrons. The van der Waals surface area contributed by atoms with Crippen molar-refractivity contribution in [1.29, 1.82) is 0 Å². The maximum atomic E-state index is 11.8. The maximum absolute atomic E-state index is 11.8. The van der Waals surface area contributed by atoms with Crippen molar-refractivity contribution in [1.82, 2.24) is 4.57 Å². The van der Waals surface area contributed by atoms with E-state index in [0.29, 0.717) is 17.7 Å². The number of nitro groups is 1. The Bertz CT molecular complexity index is 734. The molecule has 1 N–H and O–H groups in total. The largest absolute Gasteiger partial charge is 0.481 e. The lowest BCUT2D eigenvalue weighted by molar-refractivity contribution is -0.384. The second kappa shape index (κ2) is 6.31. The summed E-state index contributed by atoms with van der Waals surface area (Å²) in [4.78, 5) is 32.7. The van der Waals surface area contributed by atoms with E-state index < -0.39 is 10.9 Å². The van der Waals surface area contributed by atoms with Crippen molar-refractivity contribution in [2.45, 2.75) is 19.4 Å². The van der Waals surface area contributed by atoms with E-state index in [1.165, 1.54) is 10.6 Å². The number of hydrogen-bond acceptors (Lipinski definition) is 5. The van der Waals surface area contributed by atoms with Gasteiger partial charge in [0.05, 0.1) is 16.2 Å². The number of thiazole rings is 1. The van der Waals surface area contributed by atoms with Gasteiger partial charge in [-0.15, -0.1) is 0 Å². The highest BCUT2D eigenvalue weighted by atomic mass is 32.1. The maximum Gasteiger partial charge on any atom is 0.307 e. The lowest BCUT2D eigenvalue weighted by atomic mass is 10.1. The lowest BCUT2D eigenvalue weighted by Crippen LogP contribution is -2.15. The first-order valence-corrected chi connectivity index (χ1v) is 7.02. The predicted octanol–water partition coefficient (Wildman–Crippen LogP) is 2.35. The molecule has 0 aliphatic rings. The van der Waals surface area contributed by atoms with Gasteiger partial charge in [0.2, 0.25) is 0 Å². The fraction of sp³-hybridized carbons (Fsp3) is 0.231. The van der Waals surface area contributed by atoms with Crippen LogP contribution in [0.4, 0.5) is 5.69 Å². The summed E-state index contributed by atoms with van der Waals surface area (Å²) in [6, 6.07) is 6.17. The fourth-order valence-corrected chi connectivity index (χ4v) is 2.77. The normalized spacial score (nSPS) is 10.5. The van der Waals surface area contributed by atoms with E-state index in [1.54, 1.807) is 23.6 Å². The molecule has 1 heterocycles. The van der Waals surface area contributed by atoms with Gasteiger partial charge in [0.15, 0.2) is 0 Å². The van der Waals surface area contributed by atoms with Crippen molar-refractivity contribution in [3.63, 3.8) is 0 Å². The van der Waals surface area contributed by atoms with E-state index in [2.05, 4.69) is 0 Å². The summed E-state index contributed by atoms with van der Waals surface area (Å²) in [7, 11) is 0. The van der Waals surface area contributed by atoms with Crippen LogP contribution in [0.2, 0.25) is 0 Å². The number of para-hydroxylation sites is 1. The number of nitrogens with zero attached hydrogens (tertiary/aromatic N) is 2. The number of carboxylic acids is 1. The van der Waals surface area contributed by atoms with E-state index in [4.69, 9.17) is 5.11 Å². The summed E-state index contributed by atoms with van der Waals surface area (Å²) >= 11 is 0.942.